The van der Waals surface area contributed by atoms with Crippen molar-refractivity contribution in [2.75, 3.05) is 20.3 Å². The number of methoxy groups -OCH3 is 1. The van der Waals surface area contributed by atoms with Gasteiger partial charge in [-0.05, 0) is 34.5 Å². The summed E-state index contributed by atoms with van der Waals surface area (Å²) in [5.74, 6) is 0. The average Bonchev–Trinajstić information content (AvgIpc) is 3.18. The first kappa shape index (κ1) is 30.5. The zero-order chi connectivity index (χ0) is 29.2. The fourth-order valence-corrected chi connectivity index (χ4v) is 10.8. The van der Waals surface area contributed by atoms with Gasteiger partial charge in [0.15, 0.2) is 6.29 Å². The van der Waals surface area contributed by atoms with Crippen molar-refractivity contribution >= 4 is 28.8 Å². The van der Waals surface area contributed by atoms with Crippen molar-refractivity contribution in [2.45, 2.75) is 61.7 Å². The number of rotatable bonds is 10. The molecule has 0 aromatic heterocycles. The van der Waals surface area contributed by atoms with E-state index in [9.17, 15) is 18.6 Å². The van der Waals surface area contributed by atoms with Crippen molar-refractivity contribution in [3.8, 4) is 0 Å². The molecule has 0 spiro atoms. The molecule has 1 aliphatic rings. The second-order valence-electron chi connectivity index (χ2n) is 11.2. The Kier molecular flexibility index (Phi) is 9.03. The summed E-state index contributed by atoms with van der Waals surface area (Å²) >= 11 is 0. The van der Waals surface area contributed by atoms with Gasteiger partial charge in [-0.1, -0.05) is 99.1 Å². The van der Waals surface area contributed by atoms with Crippen molar-refractivity contribution in [1.82, 2.24) is 0 Å². The molecule has 3 aromatic rings. The second kappa shape index (κ2) is 11.8. The number of ether oxygens (including phenoxy) is 2. The summed E-state index contributed by atoms with van der Waals surface area (Å²) in [7, 11) is -5.99. The highest BCUT2D eigenvalue weighted by Crippen LogP contribution is 2.40. The highest BCUT2D eigenvalue weighted by Gasteiger charge is 2.58. The zero-order valence-electron chi connectivity index (χ0n) is 23.5. The van der Waals surface area contributed by atoms with E-state index in [1.165, 1.54) is 19.2 Å². The molecule has 0 aliphatic carbocycles. The summed E-state index contributed by atoms with van der Waals surface area (Å²) in [6, 6.07) is 26.0. The number of aryl methyl sites for hydroxylation is 1. The molecular weight excluding hydrogens is 548 g/mol. The lowest BCUT2D eigenvalue weighted by molar-refractivity contribution is -0.194. The van der Waals surface area contributed by atoms with E-state index >= 15 is 0 Å². The topological polar surface area (TPSA) is 112 Å². The van der Waals surface area contributed by atoms with Gasteiger partial charge < -0.3 is 24.1 Å². The lowest BCUT2D eigenvalue weighted by atomic mass is 9.97. The van der Waals surface area contributed by atoms with Gasteiger partial charge in [-0.15, -0.1) is 0 Å². The minimum atomic E-state index is -4.21. The summed E-state index contributed by atoms with van der Waals surface area (Å²) in [6.07, 6.45) is -4.20. The minimum Gasteiger partial charge on any atom is -0.404 e. The van der Waals surface area contributed by atoms with Crippen LogP contribution in [0.3, 0.4) is 0 Å². The molecule has 0 bridgehead atoms. The standard InChI is InChI=1S/C30H38O8SSi/c1-22-16-18-23(19-17-22)39(33,34)36-20-30(27(32)26(31)28(35-5)38-30)21-37-40(29(2,3)4,24-12-8-6-9-13-24)25-14-10-7-11-15-25/h6-19,26-28,31-32H,20-21H2,1-5H3/t26-,27+,28-,30-/m1/s1. The number of hydrogen-bond donors (Lipinski definition) is 2. The van der Waals surface area contributed by atoms with Crippen molar-refractivity contribution in [3.63, 3.8) is 0 Å². The van der Waals surface area contributed by atoms with Gasteiger partial charge in [0.2, 0.25) is 0 Å². The molecule has 0 saturated carbocycles. The third kappa shape index (κ3) is 5.81. The molecule has 1 fully saturated rings. The lowest BCUT2D eigenvalue weighted by Crippen LogP contribution is -2.68. The second-order valence-corrected chi connectivity index (χ2v) is 17.1. The molecule has 4 rings (SSSR count). The molecular formula is C30H38O8SSi. The van der Waals surface area contributed by atoms with Crippen LogP contribution < -0.4 is 10.4 Å². The molecule has 3 aromatic carbocycles. The van der Waals surface area contributed by atoms with Crippen LogP contribution in [-0.2, 0) is 28.2 Å². The molecule has 0 radical (unpaired) electrons. The Labute approximate surface area is 237 Å². The third-order valence-corrected chi connectivity index (χ3v) is 13.7. The highest BCUT2D eigenvalue weighted by molar-refractivity contribution is 7.86. The van der Waals surface area contributed by atoms with Crippen LogP contribution in [-0.4, -0.2) is 71.4 Å². The van der Waals surface area contributed by atoms with E-state index in [2.05, 4.69) is 20.8 Å². The van der Waals surface area contributed by atoms with Gasteiger partial charge in [0.25, 0.3) is 18.4 Å². The molecule has 1 saturated heterocycles. The van der Waals surface area contributed by atoms with Crippen molar-refractivity contribution in [3.05, 3.63) is 90.5 Å². The first-order valence-corrected chi connectivity index (χ1v) is 16.5. The fourth-order valence-electron chi connectivity index (χ4n) is 5.24. The van der Waals surface area contributed by atoms with Crippen LogP contribution in [0.2, 0.25) is 5.04 Å². The van der Waals surface area contributed by atoms with E-state index in [1.807, 2.05) is 67.6 Å². The first-order chi connectivity index (χ1) is 18.9. The summed E-state index contributed by atoms with van der Waals surface area (Å²) in [4.78, 5) is -0.0301. The van der Waals surface area contributed by atoms with E-state index < -0.39 is 54.2 Å². The Morgan fingerprint density at radius 3 is 1.85 bits per heavy atom. The fraction of sp³-hybridized carbons (Fsp3) is 0.400. The quantitative estimate of drug-likeness (QED) is 0.276. The van der Waals surface area contributed by atoms with E-state index in [-0.39, 0.29) is 11.5 Å². The van der Waals surface area contributed by atoms with Gasteiger partial charge in [0, 0.05) is 7.11 Å². The molecule has 4 atom stereocenters. The first-order valence-electron chi connectivity index (χ1n) is 13.1. The van der Waals surface area contributed by atoms with Gasteiger partial charge in [0.1, 0.15) is 24.4 Å². The molecule has 40 heavy (non-hydrogen) atoms. The number of benzene rings is 3. The third-order valence-electron chi connectivity index (χ3n) is 7.44. The summed E-state index contributed by atoms with van der Waals surface area (Å²) in [5.41, 5.74) is -0.847. The van der Waals surface area contributed by atoms with Crippen LogP contribution in [0.5, 0.6) is 0 Å². The van der Waals surface area contributed by atoms with Crippen LogP contribution in [0, 0.1) is 6.92 Å². The monoisotopic (exact) mass is 586 g/mol. The van der Waals surface area contributed by atoms with Gasteiger partial charge in [0.05, 0.1) is 11.5 Å². The van der Waals surface area contributed by atoms with E-state index in [0.29, 0.717) is 0 Å². The van der Waals surface area contributed by atoms with E-state index in [4.69, 9.17) is 18.1 Å². The molecule has 1 heterocycles. The molecule has 0 amide bonds. The molecule has 216 valence electrons. The SMILES string of the molecule is CO[C@@H]1O[C@@](CO[Si](c2ccccc2)(c2ccccc2)C(C)(C)C)(COS(=O)(=O)c2ccc(C)cc2)[C@@H](O)[C@H]1O. The predicted molar refractivity (Wildman–Crippen MR) is 155 cm³/mol. The van der Waals surface area contributed by atoms with Crippen LogP contribution in [0.1, 0.15) is 26.3 Å². The predicted octanol–water partition coefficient (Wildman–Crippen LogP) is 2.74. The Balaban J connectivity index is 1.76. The Morgan fingerprint density at radius 2 is 1.40 bits per heavy atom. The van der Waals surface area contributed by atoms with E-state index in [1.54, 1.807) is 12.1 Å². The van der Waals surface area contributed by atoms with Gasteiger partial charge in [-0.2, -0.15) is 8.42 Å². The van der Waals surface area contributed by atoms with Crippen molar-refractivity contribution < 1.29 is 36.7 Å². The minimum absolute atomic E-state index is 0.0301. The van der Waals surface area contributed by atoms with Crippen LogP contribution in [0.15, 0.2) is 89.8 Å². The van der Waals surface area contributed by atoms with Crippen LogP contribution >= 0.6 is 0 Å². The maximum absolute atomic E-state index is 13.1. The Hall–Kier alpha value is -2.41. The van der Waals surface area contributed by atoms with Crippen molar-refractivity contribution in [1.29, 1.82) is 0 Å². The highest BCUT2D eigenvalue weighted by atomic mass is 32.2. The maximum Gasteiger partial charge on any atom is 0.297 e. The molecule has 1 aliphatic heterocycles. The molecule has 0 unspecified atom stereocenters. The van der Waals surface area contributed by atoms with E-state index in [0.717, 1.165) is 15.9 Å². The maximum atomic E-state index is 13.1. The van der Waals surface area contributed by atoms with Gasteiger partial charge >= 0.3 is 0 Å². The van der Waals surface area contributed by atoms with Crippen LogP contribution in [0.4, 0.5) is 0 Å². The number of aliphatic hydroxyl groups excluding tert-OH is 2. The lowest BCUT2D eigenvalue weighted by Gasteiger charge is -2.45. The largest absolute Gasteiger partial charge is 0.404 e. The van der Waals surface area contributed by atoms with Crippen LogP contribution in [0.25, 0.3) is 0 Å². The zero-order valence-corrected chi connectivity index (χ0v) is 25.3. The Bertz CT molecular complexity index is 1320. The summed E-state index contributed by atoms with van der Waals surface area (Å²) in [5, 5.41) is 23.6. The molecule has 2 N–H and O–H groups in total. The smallest absolute Gasteiger partial charge is 0.297 e. The average molecular weight is 587 g/mol. The van der Waals surface area contributed by atoms with Crippen molar-refractivity contribution in [2.24, 2.45) is 0 Å². The number of aliphatic hydroxyl groups is 2. The summed E-state index contributed by atoms with van der Waals surface area (Å²) in [6.45, 7) is 7.29. The number of hydrogen-bond acceptors (Lipinski definition) is 8. The van der Waals surface area contributed by atoms with Gasteiger partial charge in [-0.3, -0.25) is 4.18 Å². The Morgan fingerprint density at radius 1 is 0.875 bits per heavy atom. The van der Waals surface area contributed by atoms with Gasteiger partial charge in [-0.25, -0.2) is 0 Å². The summed E-state index contributed by atoms with van der Waals surface area (Å²) < 4.78 is 49.9. The molecule has 8 nitrogen and oxygen atoms in total. The normalized spacial score (nSPS) is 23.8. The molecule has 10 heteroatoms.